The molecular weight excluding hydrogens is 412 g/mol. The molecule has 1 saturated heterocycles. The van der Waals surface area contributed by atoms with Gasteiger partial charge in [-0.15, -0.1) is 0 Å². The second-order valence-electron chi connectivity index (χ2n) is 9.44. The number of carbonyl (C=O) groups excluding carboxylic acids is 2. The van der Waals surface area contributed by atoms with Gasteiger partial charge in [-0.05, 0) is 54.9 Å². The highest BCUT2D eigenvalue weighted by molar-refractivity contribution is 5.87. The minimum atomic E-state index is -0.391. The van der Waals surface area contributed by atoms with E-state index in [1.165, 1.54) is 25.7 Å². The molecule has 4 rings (SSSR count). The topological polar surface area (TPSA) is 58.6 Å². The number of hydrogen-bond donors (Lipinski definition) is 1. The van der Waals surface area contributed by atoms with Gasteiger partial charge in [0, 0.05) is 19.5 Å². The predicted molar refractivity (Wildman–Crippen MR) is 130 cm³/mol. The lowest BCUT2D eigenvalue weighted by Crippen LogP contribution is -2.48. The standard InChI is InChI=1S/C28H36N2O3/c31-27(17-16-22-9-4-5-10-22)30(26-15-6-7-18-29-28(26)32)20-24-13-8-14-25(19-24)33-21-23-11-2-1-3-12-23/h1-3,8,11-14,19,22,26H,4-7,9-10,15-18,20-21H2,(H,29,32). The van der Waals surface area contributed by atoms with Gasteiger partial charge in [0.25, 0.3) is 0 Å². The minimum absolute atomic E-state index is 0.0156. The van der Waals surface area contributed by atoms with Gasteiger partial charge in [-0.2, -0.15) is 0 Å². The van der Waals surface area contributed by atoms with E-state index < -0.39 is 6.04 Å². The molecule has 1 atom stereocenters. The first-order valence-electron chi connectivity index (χ1n) is 12.5. The maximum atomic E-state index is 13.4. The summed E-state index contributed by atoms with van der Waals surface area (Å²) in [6.45, 7) is 1.63. The summed E-state index contributed by atoms with van der Waals surface area (Å²) in [5.41, 5.74) is 2.11. The molecule has 0 aromatic heterocycles. The summed E-state index contributed by atoms with van der Waals surface area (Å²) in [4.78, 5) is 28.0. The van der Waals surface area contributed by atoms with Gasteiger partial charge >= 0.3 is 0 Å². The average molecular weight is 449 g/mol. The van der Waals surface area contributed by atoms with E-state index in [1.807, 2.05) is 59.5 Å². The zero-order chi connectivity index (χ0) is 22.9. The molecule has 1 saturated carbocycles. The second kappa shape index (κ2) is 11.9. The summed E-state index contributed by atoms with van der Waals surface area (Å²) < 4.78 is 5.99. The van der Waals surface area contributed by atoms with Crippen LogP contribution in [0.2, 0.25) is 0 Å². The van der Waals surface area contributed by atoms with Crippen LogP contribution in [0.4, 0.5) is 0 Å². The van der Waals surface area contributed by atoms with Crippen molar-refractivity contribution in [3.8, 4) is 5.75 Å². The van der Waals surface area contributed by atoms with Crippen LogP contribution in [0.1, 0.15) is 68.9 Å². The molecule has 1 aliphatic carbocycles. The van der Waals surface area contributed by atoms with Gasteiger partial charge in [0.2, 0.25) is 11.8 Å². The molecule has 1 aliphatic heterocycles. The molecule has 33 heavy (non-hydrogen) atoms. The quantitative estimate of drug-likeness (QED) is 0.571. The number of amides is 2. The van der Waals surface area contributed by atoms with E-state index in [4.69, 9.17) is 4.74 Å². The molecule has 5 heteroatoms. The Bertz CT molecular complexity index is 908. The molecule has 2 aliphatic rings. The predicted octanol–water partition coefficient (Wildman–Crippen LogP) is 5.23. The van der Waals surface area contributed by atoms with E-state index >= 15 is 0 Å². The molecule has 0 spiro atoms. The van der Waals surface area contributed by atoms with E-state index in [0.717, 1.165) is 42.6 Å². The molecule has 1 N–H and O–H groups in total. The Labute approximate surface area is 197 Å². The number of rotatable bonds is 9. The van der Waals surface area contributed by atoms with E-state index in [-0.39, 0.29) is 11.8 Å². The lowest BCUT2D eigenvalue weighted by Gasteiger charge is -2.30. The normalized spacial score (nSPS) is 19.0. The van der Waals surface area contributed by atoms with Gasteiger partial charge in [0.1, 0.15) is 18.4 Å². The first kappa shape index (κ1) is 23.3. The summed E-state index contributed by atoms with van der Waals surface area (Å²) in [5, 5.41) is 3.01. The zero-order valence-electron chi connectivity index (χ0n) is 19.5. The summed E-state index contributed by atoms with van der Waals surface area (Å²) in [6.07, 6.45) is 9.14. The third kappa shape index (κ3) is 6.83. The molecule has 0 radical (unpaired) electrons. The Morgan fingerprint density at radius 2 is 1.70 bits per heavy atom. The van der Waals surface area contributed by atoms with Crippen molar-refractivity contribution in [1.29, 1.82) is 0 Å². The second-order valence-corrected chi connectivity index (χ2v) is 9.44. The molecule has 2 aromatic rings. The third-order valence-corrected chi connectivity index (χ3v) is 6.94. The molecule has 176 valence electrons. The summed E-state index contributed by atoms with van der Waals surface area (Å²) >= 11 is 0. The van der Waals surface area contributed by atoms with Crippen molar-refractivity contribution in [1.82, 2.24) is 10.2 Å². The van der Waals surface area contributed by atoms with Gasteiger partial charge in [0.05, 0.1) is 0 Å². The molecule has 1 unspecified atom stereocenters. The van der Waals surface area contributed by atoms with Crippen molar-refractivity contribution in [3.05, 3.63) is 65.7 Å². The third-order valence-electron chi connectivity index (χ3n) is 6.94. The van der Waals surface area contributed by atoms with Crippen molar-refractivity contribution in [3.63, 3.8) is 0 Å². The molecular formula is C28H36N2O3. The van der Waals surface area contributed by atoms with Gasteiger partial charge < -0.3 is 15.0 Å². The van der Waals surface area contributed by atoms with E-state index in [0.29, 0.717) is 32.0 Å². The Kier molecular flexibility index (Phi) is 8.40. The Morgan fingerprint density at radius 1 is 0.939 bits per heavy atom. The number of ether oxygens (including phenoxy) is 1. The maximum absolute atomic E-state index is 13.4. The smallest absolute Gasteiger partial charge is 0.242 e. The van der Waals surface area contributed by atoms with Crippen LogP contribution in [0.3, 0.4) is 0 Å². The molecule has 5 nitrogen and oxygen atoms in total. The largest absolute Gasteiger partial charge is 0.489 e. The molecule has 0 bridgehead atoms. The van der Waals surface area contributed by atoms with Crippen molar-refractivity contribution in [2.75, 3.05) is 6.54 Å². The van der Waals surface area contributed by atoms with Crippen LogP contribution >= 0.6 is 0 Å². The number of nitrogens with zero attached hydrogens (tertiary/aromatic N) is 1. The van der Waals surface area contributed by atoms with Crippen molar-refractivity contribution >= 4 is 11.8 Å². The van der Waals surface area contributed by atoms with E-state index in [1.54, 1.807) is 0 Å². The molecule has 2 amide bonds. The minimum Gasteiger partial charge on any atom is -0.489 e. The number of hydrogen-bond acceptors (Lipinski definition) is 3. The van der Waals surface area contributed by atoms with Crippen LogP contribution in [-0.2, 0) is 22.7 Å². The van der Waals surface area contributed by atoms with Crippen LogP contribution in [0, 0.1) is 5.92 Å². The Hall–Kier alpha value is -2.82. The SMILES string of the molecule is O=C1NCCCCC1N(Cc1cccc(OCc2ccccc2)c1)C(=O)CCC1CCCC1. The molecule has 2 aromatic carbocycles. The highest BCUT2D eigenvalue weighted by Gasteiger charge is 2.31. The number of nitrogens with one attached hydrogen (secondary N) is 1. The fourth-order valence-electron chi connectivity index (χ4n) is 5.03. The molecule has 2 fully saturated rings. The van der Waals surface area contributed by atoms with Crippen LogP contribution in [0.15, 0.2) is 54.6 Å². The van der Waals surface area contributed by atoms with Gasteiger partial charge in [-0.25, -0.2) is 0 Å². The van der Waals surface area contributed by atoms with Crippen LogP contribution in [-0.4, -0.2) is 29.3 Å². The zero-order valence-corrected chi connectivity index (χ0v) is 19.5. The average Bonchev–Trinajstić information content (AvgIpc) is 3.28. The Morgan fingerprint density at radius 3 is 2.52 bits per heavy atom. The summed E-state index contributed by atoms with van der Waals surface area (Å²) in [5.74, 6) is 1.52. The summed E-state index contributed by atoms with van der Waals surface area (Å²) in [6, 6.07) is 17.6. The van der Waals surface area contributed by atoms with Crippen molar-refractivity contribution in [2.45, 2.75) is 77.0 Å². The maximum Gasteiger partial charge on any atom is 0.242 e. The highest BCUT2D eigenvalue weighted by atomic mass is 16.5. The fourth-order valence-corrected chi connectivity index (χ4v) is 5.03. The van der Waals surface area contributed by atoms with Gasteiger partial charge in [-0.1, -0.05) is 68.1 Å². The fraction of sp³-hybridized carbons (Fsp3) is 0.500. The lowest BCUT2D eigenvalue weighted by atomic mass is 10.00. The van der Waals surface area contributed by atoms with Crippen molar-refractivity contribution < 1.29 is 14.3 Å². The first-order valence-corrected chi connectivity index (χ1v) is 12.5. The molecule has 1 heterocycles. The number of benzene rings is 2. The van der Waals surface area contributed by atoms with Gasteiger partial charge in [0.15, 0.2) is 0 Å². The first-order chi connectivity index (χ1) is 16.2. The highest BCUT2D eigenvalue weighted by Crippen LogP contribution is 2.29. The summed E-state index contributed by atoms with van der Waals surface area (Å²) in [7, 11) is 0. The van der Waals surface area contributed by atoms with E-state index in [9.17, 15) is 9.59 Å². The lowest BCUT2D eigenvalue weighted by molar-refractivity contribution is -0.141. The Balaban J connectivity index is 1.45. The van der Waals surface area contributed by atoms with E-state index in [2.05, 4.69) is 5.32 Å². The van der Waals surface area contributed by atoms with Crippen molar-refractivity contribution in [2.24, 2.45) is 5.92 Å². The van der Waals surface area contributed by atoms with Crippen LogP contribution in [0.5, 0.6) is 5.75 Å². The monoisotopic (exact) mass is 448 g/mol. The van der Waals surface area contributed by atoms with Gasteiger partial charge in [-0.3, -0.25) is 9.59 Å². The van der Waals surface area contributed by atoms with Crippen LogP contribution < -0.4 is 10.1 Å². The number of carbonyl (C=O) groups is 2. The van der Waals surface area contributed by atoms with Crippen LogP contribution in [0.25, 0.3) is 0 Å².